The van der Waals surface area contributed by atoms with Crippen molar-refractivity contribution in [3.05, 3.63) is 95.8 Å². The van der Waals surface area contributed by atoms with Gasteiger partial charge in [0.05, 0.1) is 19.1 Å². The number of carboxylic acids is 1. The van der Waals surface area contributed by atoms with E-state index in [1.807, 2.05) is 51.1 Å². The summed E-state index contributed by atoms with van der Waals surface area (Å²) in [4.78, 5) is 114. The summed E-state index contributed by atoms with van der Waals surface area (Å²) in [6.45, 7) is 2.18. The molecule has 2 heterocycles. The fourth-order valence-electron chi connectivity index (χ4n) is 7.10. The molecule has 0 radical (unpaired) electrons. The van der Waals surface area contributed by atoms with Crippen LogP contribution >= 0.6 is 0 Å². The molecular weight excluding hydrogens is 881 g/mol. The molecule has 1 aliphatic heterocycles. The van der Waals surface area contributed by atoms with Crippen molar-refractivity contribution >= 4 is 53.2 Å². The third-order valence-corrected chi connectivity index (χ3v) is 10.4. The number of carbonyl (C=O) groups excluding carboxylic acids is 8. The summed E-state index contributed by atoms with van der Waals surface area (Å²) in [5.74, 6) is -8.71. The van der Waals surface area contributed by atoms with Crippen molar-refractivity contribution in [3.63, 3.8) is 0 Å². The topological polar surface area (TPSA) is 292 Å². The number of amides is 8. The molecule has 67 heavy (non-hydrogen) atoms. The van der Waals surface area contributed by atoms with Gasteiger partial charge in [-0.2, -0.15) is 0 Å². The van der Waals surface area contributed by atoms with Crippen molar-refractivity contribution in [2.75, 3.05) is 45.9 Å². The molecule has 3 atom stereocenters. The molecule has 0 saturated heterocycles. The Balaban J connectivity index is 1.56. The molecule has 0 bridgehead atoms. The molecule has 22 heteroatoms. The molecule has 8 amide bonds. The Morgan fingerprint density at radius 1 is 0.806 bits per heavy atom. The molecule has 20 nitrogen and oxygen atoms in total. The number of aliphatic hydroxyl groups is 1. The quantitative estimate of drug-likeness (QED) is 0.0430. The lowest BCUT2D eigenvalue weighted by molar-refractivity contribution is -0.141. The number of hydrogen-bond acceptors (Lipinski definition) is 11. The van der Waals surface area contributed by atoms with E-state index in [0.717, 1.165) is 35.9 Å². The molecule has 1 aliphatic rings. The Hall–Kier alpha value is -7.33. The zero-order valence-electron chi connectivity index (χ0n) is 37.2. The van der Waals surface area contributed by atoms with E-state index in [1.54, 1.807) is 16.8 Å². The molecule has 4 rings (SSSR count). The van der Waals surface area contributed by atoms with Gasteiger partial charge < -0.3 is 52.0 Å². The van der Waals surface area contributed by atoms with Crippen molar-refractivity contribution in [2.24, 2.45) is 11.1 Å². The highest BCUT2D eigenvalue weighted by molar-refractivity contribution is 6.14. The van der Waals surface area contributed by atoms with Gasteiger partial charge in [0, 0.05) is 67.8 Å². The molecule has 0 unspecified atom stereocenters. The number of carboxylic acid groups (broad SMARTS) is 1. The Kier molecular flexibility index (Phi) is 18.9. The molecule has 2 aromatic carbocycles. The van der Waals surface area contributed by atoms with Crippen LogP contribution in [-0.4, -0.2) is 136 Å². The molecular formula is C45H55F2N9O11. The van der Waals surface area contributed by atoms with Gasteiger partial charge in [0.25, 0.3) is 11.8 Å². The second-order valence-electron chi connectivity index (χ2n) is 16.6. The Morgan fingerprint density at radius 2 is 1.45 bits per heavy atom. The summed E-state index contributed by atoms with van der Waals surface area (Å²) < 4.78 is 31.5. The van der Waals surface area contributed by atoms with E-state index in [1.165, 1.54) is 4.90 Å². The molecule has 360 valence electrons. The van der Waals surface area contributed by atoms with Gasteiger partial charge in [-0.1, -0.05) is 51.1 Å². The molecule has 9 N–H and O–H groups in total. The number of nitrogens with one attached hydrogen (secondary N) is 5. The standard InChI is InChI=1S/C45H55F2N9O11/c1-45(2,3)42(34-19-28(30-20-29(46)9-10-31(30)47)24-54(34)23-27-7-5-4-6-8-27)55(41(64)26-57)18-15-33(43(65)50-17-16-49-35(58)12-11-32(48)44(66)67)53-37(60)22-51-36(59)21-52-38(61)25-56-39(62)13-14-40(56)63/h4-10,13-14,19-20,24,32-33,42,57H,11-12,15-18,21-23,25-26,48H2,1-3H3,(H,49,58)(H,50,65)(H,51,59)(H,52,61)(H,53,60)(H,66,67)/t32-,33-,42-/m0/s1. The van der Waals surface area contributed by atoms with E-state index in [9.17, 15) is 52.6 Å². The molecule has 0 saturated carbocycles. The number of carbonyl (C=O) groups is 9. The Labute approximate surface area is 384 Å². The SMILES string of the molecule is CC(C)(C)[C@H](c1cc(-c2cc(F)ccc2F)cn1Cc1ccccc1)N(CC[C@H](NC(=O)CNC(=O)CNC(=O)CN1C(=O)C=CC1=O)C(=O)NCCNC(=O)CC[C@H](N)C(=O)O)C(=O)CO. The summed E-state index contributed by atoms with van der Waals surface area (Å²) in [7, 11) is 0. The van der Waals surface area contributed by atoms with Crippen molar-refractivity contribution in [3.8, 4) is 11.1 Å². The van der Waals surface area contributed by atoms with Gasteiger partial charge in [0.1, 0.15) is 36.9 Å². The normalized spacial score (nSPS) is 13.6. The number of aliphatic carboxylic acids is 1. The largest absolute Gasteiger partial charge is 0.480 e. The van der Waals surface area contributed by atoms with Crippen molar-refractivity contribution < 1.29 is 62.1 Å². The van der Waals surface area contributed by atoms with Crippen LogP contribution in [0.3, 0.4) is 0 Å². The molecule has 0 fully saturated rings. The minimum atomic E-state index is -1.42. The zero-order chi connectivity index (χ0) is 49.4. The van der Waals surface area contributed by atoms with Crippen LogP contribution in [0.15, 0.2) is 72.9 Å². The van der Waals surface area contributed by atoms with Crippen LogP contribution in [0.5, 0.6) is 0 Å². The van der Waals surface area contributed by atoms with Crippen molar-refractivity contribution in [1.82, 2.24) is 41.0 Å². The first kappa shape index (κ1) is 52.3. The average Bonchev–Trinajstić information content (AvgIpc) is 3.83. The number of benzene rings is 2. The van der Waals surface area contributed by atoms with Gasteiger partial charge in [-0.3, -0.25) is 48.1 Å². The maximum atomic E-state index is 15.2. The van der Waals surface area contributed by atoms with Crippen molar-refractivity contribution in [2.45, 2.75) is 64.7 Å². The summed E-state index contributed by atoms with van der Waals surface area (Å²) >= 11 is 0. The number of rotatable bonds is 24. The highest BCUT2D eigenvalue weighted by atomic mass is 19.1. The fraction of sp³-hybridized carbons (Fsp3) is 0.400. The summed E-state index contributed by atoms with van der Waals surface area (Å²) in [6, 6.07) is 10.3. The Bertz CT molecular complexity index is 2330. The van der Waals surface area contributed by atoms with Gasteiger partial charge in [0.15, 0.2) is 0 Å². The monoisotopic (exact) mass is 935 g/mol. The summed E-state index contributed by atoms with van der Waals surface area (Å²) in [5.41, 5.74) is 6.18. The number of aromatic nitrogens is 1. The first-order chi connectivity index (χ1) is 31.7. The number of nitrogens with two attached hydrogens (primary N) is 1. The van der Waals surface area contributed by atoms with E-state index in [4.69, 9.17) is 10.8 Å². The van der Waals surface area contributed by atoms with Gasteiger partial charge in [-0.25, -0.2) is 8.78 Å². The second kappa shape index (κ2) is 24.3. The van der Waals surface area contributed by atoms with Gasteiger partial charge in [-0.05, 0) is 48.1 Å². The highest BCUT2D eigenvalue weighted by Gasteiger charge is 2.38. The number of imide groups is 1. The van der Waals surface area contributed by atoms with Gasteiger partial charge in [-0.15, -0.1) is 0 Å². The van der Waals surface area contributed by atoms with E-state index in [2.05, 4.69) is 26.6 Å². The lowest BCUT2D eigenvalue weighted by Gasteiger charge is -2.41. The molecule has 1 aromatic heterocycles. The van der Waals surface area contributed by atoms with Crippen LogP contribution in [0.25, 0.3) is 11.1 Å². The van der Waals surface area contributed by atoms with E-state index < -0.39 is 115 Å². The predicted molar refractivity (Wildman–Crippen MR) is 236 cm³/mol. The number of hydrogen-bond donors (Lipinski definition) is 8. The smallest absolute Gasteiger partial charge is 0.320 e. The Morgan fingerprint density at radius 3 is 2.09 bits per heavy atom. The fourth-order valence-corrected chi connectivity index (χ4v) is 7.10. The first-order valence-electron chi connectivity index (χ1n) is 21.2. The van der Waals surface area contributed by atoms with Crippen LogP contribution in [0, 0.1) is 17.0 Å². The van der Waals surface area contributed by atoms with Gasteiger partial charge >= 0.3 is 5.97 Å². The molecule has 0 aliphatic carbocycles. The predicted octanol–water partition coefficient (Wildman–Crippen LogP) is -0.153. The summed E-state index contributed by atoms with van der Waals surface area (Å²) in [6.07, 6.45) is 2.97. The number of halogens is 2. The van der Waals surface area contributed by atoms with Crippen LogP contribution < -0.4 is 32.3 Å². The van der Waals surface area contributed by atoms with Crippen LogP contribution in [0.1, 0.15) is 57.3 Å². The lowest BCUT2D eigenvalue weighted by Crippen LogP contribution is -2.53. The number of aliphatic hydroxyl groups excluding tert-OH is 1. The minimum absolute atomic E-state index is 0.0395. The summed E-state index contributed by atoms with van der Waals surface area (Å²) in [5, 5.41) is 31.4. The van der Waals surface area contributed by atoms with Crippen LogP contribution in [0.2, 0.25) is 0 Å². The van der Waals surface area contributed by atoms with E-state index >= 15 is 4.39 Å². The minimum Gasteiger partial charge on any atom is -0.480 e. The number of nitrogens with zero attached hydrogens (tertiary/aromatic N) is 3. The van der Waals surface area contributed by atoms with Crippen LogP contribution in [-0.2, 0) is 49.7 Å². The second-order valence-corrected chi connectivity index (χ2v) is 16.6. The third-order valence-electron chi connectivity index (χ3n) is 10.4. The highest BCUT2D eigenvalue weighted by Crippen LogP contribution is 2.41. The molecule has 3 aromatic rings. The zero-order valence-corrected chi connectivity index (χ0v) is 37.2. The lowest BCUT2D eigenvalue weighted by atomic mass is 9.82. The average molecular weight is 936 g/mol. The first-order valence-corrected chi connectivity index (χ1v) is 21.2. The molecule has 0 spiro atoms. The van der Waals surface area contributed by atoms with E-state index in [0.29, 0.717) is 16.2 Å². The van der Waals surface area contributed by atoms with E-state index in [-0.39, 0.29) is 51.0 Å². The maximum absolute atomic E-state index is 15.2. The van der Waals surface area contributed by atoms with Crippen molar-refractivity contribution in [1.29, 1.82) is 0 Å². The van der Waals surface area contributed by atoms with Gasteiger partial charge in [0.2, 0.25) is 35.4 Å². The van der Waals surface area contributed by atoms with Crippen LogP contribution in [0.4, 0.5) is 8.78 Å². The third kappa shape index (κ3) is 15.7. The maximum Gasteiger partial charge on any atom is 0.320 e.